The van der Waals surface area contributed by atoms with Gasteiger partial charge < -0.3 is 4.74 Å². The van der Waals surface area contributed by atoms with Crippen LogP contribution >= 0.6 is 21.6 Å². The van der Waals surface area contributed by atoms with E-state index in [2.05, 4.69) is 9.72 Å². The van der Waals surface area contributed by atoms with Crippen molar-refractivity contribution in [3.05, 3.63) is 24.4 Å². The van der Waals surface area contributed by atoms with Crippen LogP contribution in [0.3, 0.4) is 0 Å². The van der Waals surface area contributed by atoms with Crippen molar-refractivity contribution in [1.29, 1.82) is 0 Å². The lowest BCUT2D eigenvalue weighted by atomic mass is 10.5. The Hall–Kier alpha value is -0.730. The van der Waals surface area contributed by atoms with Crippen molar-refractivity contribution in [2.45, 2.75) is 17.9 Å². The van der Waals surface area contributed by atoms with Gasteiger partial charge in [-0.25, -0.2) is 13.4 Å². The average molecular weight is 335 g/mol. The molecule has 20 heavy (non-hydrogen) atoms. The minimum absolute atomic E-state index is 0.0747. The second-order valence-electron chi connectivity index (χ2n) is 3.90. The molecule has 0 bridgehead atoms. The van der Waals surface area contributed by atoms with Crippen molar-refractivity contribution >= 4 is 37.4 Å². The van der Waals surface area contributed by atoms with Gasteiger partial charge in [-0.05, 0) is 29.3 Å². The number of carbonyl (C=O) groups excluding carboxylic acids is 1. The molecule has 0 spiro atoms. The largest absolute Gasteiger partial charge is 0.469 e. The lowest BCUT2D eigenvalue weighted by molar-refractivity contribution is -0.140. The van der Waals surface area contributed by atoms with Crippen molar-refractivity contribution in [3.8, 4) is 0 Å². The first-order chi connectivity index (χ1) is 9.53. The highest BCUT2D eigenvalue weighted by atomic mass is 33.1. The third-order valence-corrected chi connectivity index (χ3v) is 6.40. The number of esters is 1. The highest BCUT2D eigenvalue weighted by molar-refractivity contribution is 8.76. The van der Waals surface area contributed by atoms with E-state index in [-0.39, 0.29) is 17.9 Å². The van der Waals surface area contributed by atoms with Gasteiger partial charge in [-0.1, -0.05) is 16.9 Å². The molecule has 0 amide bonds. The van der Waals surface area contributed by atoms with E-state index in [1.807, 2.05) is 18.2 Å². The van der Waals surface area contributed by atoms with Gasteiger partial charge in [0.15, 0.2) is 9.84 Å². The summed E-state index contributed by atoms with van der Waals surface area (Å²) in [5, 5.41) is 0.908. The fourth-order valence-corrected chi connectivity index (χ4v) is 4.69. The van der Waals surface area contributed by atoms with E-state index in [9.17, 15) is 13.2 Å². The van der Waals surface area contributed by atoms with Crippen LogP contribution in [0.25, 0.3) is 0 Å². The molecule has 112 valence electrons. The Labute approximate surface area is 127 Å². The zero-order valence-electron chi connectivity index (χ0n) is 11.1. The van der Waals surface area contributed by atoms with Crippen LogP contribution in [-0.4, -0.2) is 43.7 Å². The topological polar surface area (TPSA) is 73.3 Å². The molecule has 0 saturated heterocycles. The number of sulfone groups is 1. The molecule has 0 aromatic carbocycles. The van der Waals surface area contributed by atoms with Crippen LogP contribution < -0.4 is 0 Å². The predicted molar refractivity (Wildman–Crippen MR) is 82.5 cm³/mol. The van der Waals surface area contributed by atoms with Crippen molar-refractivity contribution < 1.29 is 17.9 Å². The van der Waals surface area contributed by atoms with Crippen LogP contribution in [0.15, 0.2) is 29.4 Å². The van der Waals surface area contributed by atoms with Gasteiger partial charge in [-0.2, -0.15) is 0 Å². The SMILES string of the molecule is COC(=O)CCS(=O)(=O)CCCSSc1ccccn1. The Bertz CT molecular complexity index is 505. The minimum Gasteiger partial charge on any atom is -0.469 e. The molecule has 0 saturated carbocycles. The third kappa shape index (κ3) is 7.76. The maximum Gasteiger partial charge on any atom is 0.306 e. The number of pyridine rings is 1. The van der Waals surface area contributed by atoms with Crippen LogP contribution in [0.1, 0.15) is 12.8 Å². The van der Waals surface area contributed by atoms with Crippen LogP contribution in [0.4, 0.5) is 0 Å². The second-order valence-corrected chi connectivity index (χ2v) is 8.64. The molecule has 1 heterocycles. The molecule has 1 rings (SSSR count). The minimum atomic E-state index is -3.17. The molecule has 0 atom stereocenters. The highest BCUT2D eigenvalue weighted by Gasteiger charge is 2.13. The first-order valence-electron chi connectivity index (χ1n) is 6.01. The van der Waals surface area contributed by atoms with Gasteiger partial charge in [0, 0.05) is 11.9 Å². The molecule has 1 aromatic heterocycles. The standard InChI is InChI=1S/C12H17NO4S3/c1-17-12(14)6-10-20(15,16)9-4-8-18-19-11-5-2-3-7-13-11/h2-3,5,7H,4,6,8-10H2,1H3. The summed E-state index contributed by atoms with van der Waals surface area (Å²) in [5.41, 5.74) is 0. The summed E-state index contributed by atoms with van der Waals surface area (Å²) >= 11 is 0. The summed E-state index contributed by atoms with van der Waals surface area (Å²) in [6, 6.07) is 5.67. The normalized spacial score (nSPS) is 11.2. The van der Waals surface area contributed by atoms with E-state index < -0.39 is 15.8 Å². The third-order valence-electron chi connectivity index (χ3n) is 2.31. The highest BCUT2D eigenvalue weighted by Crippen LogP contribution is 2.29. The maximum atomic E-state index is 11.6. The van der Waals surface area contributed by atoms with Crippen molar-refractivity contribution in [1.82, 2.24) is 4.98 Å². The first-order valence-corrected chi connectivity index (χ1v) is 10.2. The summed E-state index contributed by atoms with van der Waals surface area (Å²) in [5.74, 6) is 0.185. The Balaban J connectivity index is 2.15. The predicted octanol–water partition coefficient (Wildman–Crippen LogP) is 2.19. The van der Waals surface area contributed by atoms with E-state index in [4.69, 9.17) is 0 Å². The zero-order chi connectivity index (χ0) is 14.8. The molecule has 1 aromatic rings. The molecular weight excluding hydrogens is 318 g/mol. The second kappa shape index (κ2) is 9.25. The molecule has 0 aliphatic carbocycles. The van der Waals surface area contributed by atoms with E-state index in [0.717, 1.165) is 10.8 Å². The number of ether oxygens (including phenoxy) is 1. The van der Waals surface area contributed by atoms with E-state index in [1.54, 1.807) is 17.0 Å². The molecular formula is C12H17NO4S3. The van der Waals surface area contributed by atoms with Gasteiger partial charge in [0.1, 0.15) is 5.03 Å². The molecule has 0 N–H and O–H groups in total. The van der Waals surface area contributed by atoms with E-state index in [0.29, 0.717) is 6.42 Å². The van der Waals surface area contributed by atoms with Crippen molar-refractivity contribution in [2.24, 2.45) is 0 Å². The number of hydrogen-bond donors (Lipinski definition) is 0. The Morgan fingerprint density at radius 3 is 2.80 bits per heavy atom. The smallest absolute Gasteiger partial charge is 0.306 e. The van der Waals surface area contributed by atoms with Crippen molar-refractivity contribution in [3.63, 3.8) is 0 Å². The summed E-state index contributed by atoms with van der Waals surface area (Å²) in [7, 11) is 1.18. The molecule has 0 unspecified atom stereocenters. The molecule has 0 aliphatic heterocycles. The average Bonchev–Trinajstić information content (AvgIpc) is 2.45. The number of rotatable bonds is 9. The number of methoxy groups -OCH3 is 1. The van der Waals surface area contributed by atoms with Crippen LogP contribution in [0.5, 0.6) is 0 Å². The van der Waals surface area contributed by atoms with Gasteiger partial charge in [0.25, 0.3) is 0 Å². The van der Waals surface area contributed by atoms with Crippen LogP contribution in [0, 0.1) is 0 Å². The van der Waals surface area contributed by atoms with Crippen molar-refractivity contribution in [2.75, 3.05) is 24.4 Å². The summed E-state index contributed by atoms with van der Waals surface area (Å²) in [6.45, 7) is 0. The van der Waals surface area contributed by atoms with E-state index in [1.165, 1.54) is 17.9 Å². The zero-order valence-corrected chi connectivity index (χ0v) is 13.6. The number of hydrogen-bond acceptors (Lipinski definition) is 7. The Kier molecular flexibility index (Phi) is 8.01. The number of aromatic nitrogens is 1. The number of nitrogens with zero attached hydrogens (tertiary/aromatic N) is 1. The van der Waals surface area contributed by atoms with Gasteiger partial charge in [-0.3, -0.25) is 4.79 Å². The van der Waals surface area contributed by atoms with E-state index >= 15 is 0 Å². The molecule has 0 radical (unpaired) electrons. The fraction of sp³-hybridized carbons (Fsp3) is 0.500. The molecule has 0 aliphatic rings. The lowest BCUT2D eigenvalue weighted by Gasteiger charge is -2.03. The van der Waals surface area contributed by atoms with Crippen LogP contribution in [0.2, 0.25) is 0 Å². The lowest BCUT2D eigenvalue weighted by Crippen LogP contribution is -2.15. The molecule has 5 nitrogen and oxygen atoms in total. The fourth-order valence-electron chi connectivity index (χ4n) is 1.28. The van der Waals surface area contributed by atoms with Gasteiger partial charge in [-0.15, -0.1) is 0 Å². The monoisotopic (exact) mass is 335 g/mol. The number of carbonyl (C=O) groups is 1. The molecule has 0 fully saturated rings. The quantitative estimate of drug-likeness (QED) is 0.389. The van der Waals surface area contributed by atoms with Crippen LogP contribution in [-0.2, 0) is 19.4 Å². The summed E-state index contributed by atoms with van der Waals surface area (Å²) in [4.78, 5) is 15.0. The molecule has 8 heteroatoms. The van der Waals surface area contributed by atoms with Gasteiger partial charge in [0.2, 0.25) is 0 Å². The maximum absolute atomic E-state index is 11.6. The Morgan fingerprint density at radius 1 is 1.35 bits per heavy atom. The summed E-state index contributed by atoms with van der Waals surface area (Å²) < 4.78 is 27.7. The summed E-state index contributed by atoms with van der Waals surface area (Å²) in [6.07, 6.45) is 2.21. The first kappa shape index (κ1) is 17.3. The van der Waals surface area contributed by atoms with Gasteiger partial charge in [0.05, 0.1) is 25.0 Å². The van der Waals surface area contributed by atoms with Gasteiger partial charge >= 0.3 is 5.97 Å². The Morgan fingerprint density at radius 2 is 2.15 bits per heavy atom.